The molecular formula is C18H27N3. The molecule has 114 valence electrons. The third-order valence-corrected chi connectivity index (χ3v) is 4.91. The molecule has 0 bridgehead atoms. The number of imidazole rings is 1. The van der Waals surface area contributed by atoms with E-state index in [1.54, 1.807) is 0 Å². The Hall–Kier alpha value is -1.35. The van der Waals surface area contributed by atoms with Gasteiger partial charge in [-0.25, -0.2) is 4.98 Å². The van der Waals surface area contributed by atoms with E-state index in [0.29, 0.717) is 0 Å². The van der Waals surface area contributed by atoms with Crippen molar-refractivity contribution in [1.82, 2.24) is 14.9 Å². The normalized spacial score (nSPS) is 22.2. The van der Waals surface area contributed by atoms with Crippen molar-refractivity contribution in [2.45, 2.75) is 52.6 Å². The monoisotopic (exact) mass is 285 g/mol. The predicted octanol–water partition coefficient (Wildman–Crippen LogP) is 3.97. The number of hydrogen-bond acceptors (Lipinski definition) is 2. The van der Waals surface area contributed by atoms with Gasteiger partial charge in [0.1, 0.15) is 5.82 Å². The third-order valence-electron chi connectivity index (χ3n) is 4.91. The van der Waals surface area contributed by atoms with Crippen LogP contribution >= 0.6 is 0 Å². The molecule has 2 unspecified atom stereocenters. The average Bonchev–Trinajstić information content (AvgIpc) is 3.05. The Morgan fingerprint density at radius 1 is 1.29 bits per heavy atom. The first-order chi connectivity index (χ1) is 10.3. The van der Waals surface area contributed by atoms with E-state index in [4.69, 9.17) is 4.98 Å². The van der Waals surface area contributed by atoms with Crippen molar-refractivity contribution in [3.8, 4) is 0 Å². The second kappa shape index (κ2) is 6.61. The molecule has 1 saturated carbocycles. The molecule has 3 heteroatoms. The van der Waals surface area contributed by atoms with Crippen LogP contribution in [0.4, 0.5) is 0 Å². The molecule has 2 atom stereocenters. The summed E-state index contributed by atoms with van der Waals surface area (Å²) in [5.74, 6) is 2.92. The van der Waals surface area contributed by atoms with Crippen LogP contribution in [0.25, 0.3) is 11.0 Å². The second-order valence-corrected chi connectivity index (χ2v) is 6.47. The van der Waals surface area contributed by atoms with E-state index in [-0.39, 0.29) is 0 Å². The largest absolute Gasteiger partial charge is 0.327 e. The van der Waals surface area contributed by atoms with Crippen LogP contribution in [0.1, 0.15) is 45.4 Å². The predicted molar refractivity (Wildman–Crippen MR) is 88.2 cm³/mol. The first-order valence-electron chi connectivity index (χ1n) is 8.44. The zero-order valence-corrected chi connectivity index (χ0v) is 13.3. The van der Waals surface area contributed by atoms with Gasteiger partial charge in [-0.05, 0) is 43.4 Å². The Balaban J connectivity index is 1.69. The second-order valence-electron chi connectivity index (χ2n) is 6.47. The number of aromatic nitrogens is 2. The Kier molecular flexibility index (Phi) is 4.59. The van der Waals surface area contributed by atoms with Gasteiger partial charge < -0.3 is 9.88 Å². The van der Waals surface area contributed by atoms with E-state index in [0.717, 1.165) is 43.4 Å². The highest BCUT2D eigenvalue weighted by atomic mass is 15.1. The molecule has 1 fully saturated rings. The zero-order valence-electron chi connectivity index (χ0n) is 13.3. The Labute approximate surface area is 127 Å². The van der Waals surface area contributed by atoms with Crippen molar-refractivity contribution in [3.05, 3.63) is 30.1 Å². The van der Waals surface area contributed by atoms with Crippen LogP contribution in [0.5, 0.6) is 0 Å². The molecule has 0 saturated heterocycles. The molecule has 1 aliphatic carbocycles. The van der Waals surface area contributed by atoms with Gasteiger partial charge in [-0.2, -0.15) is 0 Å². The number of nitrogens with one attached hydrogen (secondary N) is 1. The van der Waals surface area contributed by atoms with E-state index < -0.39 is 0 Å². The molecule has 1 aromatic heterocycles. The number of para-hydroxylation sites is 2. The maximum Gasteiger partial charge on any atom is 0.123 e. The van der Waals surface area contributed by atoms with Crippen molar-refractivity contribution in [2.75, 3.05) is 6.54 Å². The van der Waals surface area contributed by atoms with Crippen LogP contribution in [0, 0.1) is 11.8 Å². The summed E-state index contributed by atoms with van der Waals surface area (Å²) < 4.78 is 2.38. The van der Waals surface area contributed by atoms with Gasteiger partial charge in [0, 0.05) is 6.54 Å². The van der Waals surface area contributed by atoms with E-state index in [1.165, 1.54) is 30.6 Å². The summed E-state index contributed by atoms with van der Waals surface area (Å²) in [6, 6.07) is 8.47. The average molecular weight is 285 g/mol. The van der Waals surface area contributed by atoms with Crippen molar-refractivity contribution in [3.63, 3.8) is 0 Å². The highest BCUT2D eigenvalue weighted by Crippen LogP contribution is 2.30. The van der Waals surface area contributed by atoms with Gasteiger partial charge >= 0.3 is 0 Å². The van der Waals surface area contributed by atoms with Gasteiger partial charge in [-0.1, -0.05) is 38.8 Å². The fourth-order valence-electron chi connectivity index (χ4n) is 3.63. The molecule has 0 radical (unpaired) electrons. The summed E-state index contributed by atoms with van der Waals surface area (Å²) in [6.07, 6.45) is 5.34. The van der Waals surface area contributed by atoms with Crippen LogP contribution < -0.4 is 5.32 Å². The molecule has 21 heavy (non-hydrogen) atoms. The number of nitrogens with zero attached hydrogens (tertiary/aromatic N) is 2. The molecule has 1 N–H and O–H groups in total. The smallest absolute Gasteiger partial charge is 0.123 e. The summed E-state index contributed by atoms with van der Waals surface area (Å²) in [4.78, 5) is 4.81. The lowest BCUT2D eigenvalue weighted by Crippen LogP contribution is -2.25. The summed E-state index contributed by atoms with van der Waals surface area (Å²) in [5.41, 5.74) is 2.39. The molecule has 2 aromatic rings. The SMILES string of the molecule is CCCn1c(CNCC2CCCC2C)nc2ccccc21. The van der Waals surface area contributed by atoms with Gasteiger partial charge in [0.05, 0.1) is 17.6 Å². The van der Waals surface area contributed by atoms with Gasteiger partial charge in [-0.3, -0.25) is 0 Å². The number of fused-ring (bicyclic) bond motifs is 1. The van der Waals surface area contributed by atoms with Crippen molar-refractivity contribution in [2.24, 2.45) is 11.8 Å². The van der Waals surface area contributed by atoms with E-state index in [9.17, 15) is 0 Å². The zero-order chi connectivity index (χ0) is 14.7. The molecule has 1 aromatic carbocycles. The minimum absolute atomic E-state index is 0.856. The molecule has 0 spiro atoms. The van der Waals surface area contributed by atoms with Crippen molar-refractivity contribution in [1.29, 1.82) is 0 Å². The maximum atomic E-state index is 4.81. The summed E-state index contributed by atoms with van der Waals surface area (Å²) in [7, 11) is 0. The van der Waals surface area contributed by atoms with Crippen LogP contribution in [-0.4, -0.2) is 16.1 Å². The summed E-state index contributed by atoms with van der Waals surface area (Å²) in [6.45, 7) is 7.70. The first kappa shape index (κ1) is 14.6. The number of aryl methyl sites for hydroxylation is 1. The molecule has 0 aliphatic heterocycles. The summed E-state index contributed by atoms with van der Waals surface area (Å²) in [5, 5.41) is 3.65. The van der Waals surface area contributed by atoms with Gasteiger partial charge in [0.25, 0.3) is 0 Å². The molecular weight excluding hydrogens is 258 g/mol. The lowest BCUT2D eigenvalue weighted by Gasteiger charge is -2.16. The number of benzene rings is 1. The standard InChI is InChI=1S/C18H27N3/c1-3-11-21-17-10-5-4-9-16(17)20-18(21)13-19-12-15-8-6-7-14(15)2/h4-5,9-10,14-15,19H,3,6-8,11-13H2,1-2H3. The minimum Gasteiger partial charge on any atom is -0.327 e. The Morgan fingerprint density at radius 2 is 2.14 bits per heavy atom. The highest BCUT2D eigenvalue weighted by molar-refractivity contribution is 5.75. The molecule has 0 amide bonds. The molecule has 3 rings (SSSR count). The lowest BCUT2D eigenvalue weighted by atomic mass is 9.98. The Bertz CT molecular complexity index is 587. The van der Waals surface area contributed by atoms with Crippen LogP contribution in [0.3, 0.4) is 0 Å². The minimum atomic E-state index is 0.856. The topological polar surface area (TPSA) is 29.9 Å². The fraction of sp³-hybridized carbons (Fsp3) is 0.611. The van der Waals surface area contributed by atoms with Gasteiger partial charge in [0.15, 0.2) is 0 Å². The van der Waals surface area contributed by atoms with E-state index >= 15 is 0 Å². The van der Waals surface area contributed by atoms with Gasteiger partial charge in [0.2, 0.25) is 0 Å². The third kappa shape index (κ3) is 3.13. The van der Waals surface area contributed by atoms with Crippen LogP contribution in [0.2, 0.25) is 0 Å². The van der Waals surface area contributed by atoms with Crippen molar-refractivity contribution >= 4 is 11.0 Å². The number of hydrogen-bond donors (Lipinski definition) is 1. The van der Waals surface area contributed by atoms with E-state index in [1.807, 2.05) is 0 Å². The van der Waals surface area contributed by atoms with Gasteiger partial charge in [-0.15, -0.1) is 0 Å². The van der Waals surface area contributed by atoms with Crippen molar-refractivity contribution < 1.29 is 0 Å². The summed E-state index contributed by atoms with van der Waals surface area (Å²) >= 11 is 0. The number of rotatable bonds is 6. The quantitative estimate of drug-likeness (QED) is 0.870. The fourth-order valence-corrected chi connectivity index (χ4v) is 3.63. The highest BCUT2D eigenvalue weighted by Gasteiger charge is 2.22. The Morgan fingerprint density at radius 3 is 2.90 bits per heavy atom. The maximum absolute atomic E-state index is 4.81. The van der Waals surface area contributed by atoms with Crippen LogP contribution in [0.15, 0.2) is 24.3 Å². The molecule has 1 aliphatic rings. The lowest BCUT2D eigenvalue weighted by molar-refractivity contribution is 0.388. The molecule has 1 heterocycles. The molecule has 3 nitrogen and oxygen atoms in total. The first-order valence-corrected chi connectivity index (χ1v) is 8.44. The van der Waals surface area contributed by atoms with Crippen LogP contribution in [-0.2, 0) is 13.1 Å². The van der Waals surface area contributed by atoms with E-state index in [2.05, 4.69) is 48.0 Å².